The van der Waals surface area contributed by atoms with Crippen molar-refractivity contribution in [2.24, 2.45) is 11.8 Å². The number of pyridine rings is 1. The molecular weight excluding hydrogens is 478 g/mol. The highest BCUT2D eigenvalue weighted by Gasteiger charge is 2.77. The van der Waals surface area contributed by atoms with Gasteiger partial charge in [-0.25, -0.2) is 24.8 Å². The number of rotatable bonds is 5. The Morgan fingerprint density at radius 3 is 2.57 bits per heavy atom. The van der Waals surface area contributed by atoms with E-state index in [0.717, 1.165) is 12.1 Å². The molecule has 0 bridgehead atoms. The molecule has 1 amide bonds. The topological polar surface area (TPSA) is 94.6 Å². The number of hydrogen-bond donors (Lipinski definition) is 0. The Kier molecular flexibility index (Phi) is 4.93. The molecule has 4 heterocycles. The second-order valence-electron chi connectivity index (χ2n) is 8.88. The normalized spacial score (nSPS) is 29.1. The van der Waals surface area contributed by atoms with E-state index in [4.69, 9.17) is 11.3 Å². The lowest BCUT2D eigenvalue weighted by molar-refractivity contribution is 0.129. The molecule has 5 atom stereocenters. The Morgan fingerprint density at radius 1 is 1.23 bits per heavy atom. The number of hydrogen-bond acceptors (Lipinski definition) is 6. The molecule has 35 heavy (non-hydrogen) atoms. The van der Waals surface area contributed by atoms with Crippen LogP contribution in [0.4, 0.5) is 19.3 Å². The van der Waals surface area contributed by atoms with E-state index in [0.29, 0.717) is 17.2 Å². The smallest absolute Gasteiger partial charge is 0.414 e. The van der Waals surface area contributed by atoms with Gasteiger partial charge in [-0.1, -0.05) is 11.3 Å². The van der Waals surface area contributed by atoms with Crippen LogP contribution in [0.1, 0.15) is 5.69 Å². The van der Waals surface area contributed by atoms with Crippen molar-refractivity contribution in [2.45, 2.75) is 18.2 Å². The van der Waals surface area contributed by atoms with Crippen molar-refractivity contribution < 1.29 is 22.5 Å². The molecule has 3 fully saturated rings. The number of ether oxygens (including phenoxy) is 1. The van der Waals surface area contributed by atoms with Gasteiger partial charge in [0.15, 0.2) is 0 Å². The second-order valence-corrected chi connectivity index (χ2v) is 10.4. The highest BCUT2D eigenvalue weighted by molar-refractivity contribution is 7.85. The summed E-state index contributed by atoms with van der Waals surface area (Å²) in [7, 11) is -0.897. The zero-order valence-corrected chi connectivity index (χ0v) is 19.0. The number of cyclic esters (lactones) is 1. The summed E-state index contributed by atoms with van der Waals surface area (Å²) >= 11 is 0. The number of carbonyl (C=O) groups is 1. The Labute approximate surface area is 201 Å². The maximum Gasteiger partial charge on any atom is 0.414 e. The van der Waals surface area contributed by atoms with Gasteiger partial charge >= 0.3 is 6.09 Å². The van der Waals surface area contributed by atoms with Crippen molar-refractivity contribution in [3.05, 3.63) is 71.6 Å². The molecule has 178 valence electrons. The molecule has 0 spiro atoms. The zero-order chi connectivity index (χ0) is 24.3. The number of amides is 1. The molecule has 9 nitrogen and oxygen atoms in total. The van der Waals surface area contributed by atoms with Gasteiger partial charge in [0.25, 0.3) is 5.54 Å². The van der Waals surface area contributed by atoms with Crippen molar-refractivity contribution in [2.75, 3.05) is 23.0 Å². The van der Waals surface area contributed by atoms with Gasteiger partial charge < -0.3 is 9.58 Å². The molecule has 0 radical (unpaired) electrons. The van der Waals surface area contributed by atoms with Crippen LogP contribution in [0, 0.1) is 30.0 Å². The van der Waals surface area contributed by atoms with Crippen molar-refractivity contribution in [1.29, 1.82) is 0 Å². The van der Waals surface area contributed by atoms with Crippen LogP contribution in [-0.2, 0) is 27.6 Å². The van der Waals surface area contributed by atoms with E-state index in [1.807, 2.05) is 0 Å². The fourth-order valence-corrected chi connectivity index (χ4v) is 7.13. The van der Waals surface area contributed by atoms with Gasteiger partial charge in [0.2, 0.25) is 0 Å². The summed E-state index contributed by atoms with van der Waals surface area (Å²) in [6.07, 6.45) is 3.24. The summed E-state index contributed by atoms with van der Waals surface area (Å²) in [5.74, 6) is -0.693. The maximum atomic E-state index is 15.1. The van der Waals surface area contributed by atoms with E-state index < -0.39 is 40.2 Å². The van der Waals surface area contributed by atoms with Crippen molar-refractivity contribution in [3.63, 3.8) is 0 Å². The van der Waals surface area contributed by atoms with E-state index in [-0.39, 0.29) is 41.7 Å². The number of fused-ring (bicyclic) bond motifs is 1. The summed E-state index contributed by atoms with van der Waals surface area (Å²) in [5, 5.41) is 7.52. The number of carbonyl (C=O) groups excluding carboxylic acids is 1. The van der Waals surface area contributed by atoms with Gasteiger partial charge in [0, 0.05) is 40.3 Å². The average molecular weight is 496 g/mol. The third kappa shape index (κ3) is 3.41. The molecule has 12 heteroatoms. The number of anilines is 1. The molecule has 3 aliphatic rings. The fourth-order valence-electron chi connectivity index (χ4n) is 5.22. The van der Waals surface area contributed by atoms with E-state index >= 15 is 8.78 Å². The molecule has 2 saturated heterocycles. The lowest BCUT2D eigenvalue weighted by atomic mass is 10.0. The lowest BCUT2D eigenvalue weighted by Gasteiger charge is -2.15. The van der Waals surface area contributed by atoms with Gasteiger partial charge in [0.05, 0.1) is 42.4 Å². The minimum absolute atomic E-state index is 0.0144. The summed E-state index contributed by atoms with van der Waals surface area (Å²) in [5.41, 5.74) is -0.248. The first-order valence-corrected chi connectivity index (χ1v) is 12.4. The highest BCUT2D eigenvalue weighted by atomic mass is 32.2. The predicted molar refractivity (Wildman–Crippen MR) is 120 cm³/mol. The zero-order valence-electron chi connectivity index (χ0n) is 18.2. The summed E-state index contributed by atoms with van der Waals surface area (Å²) in [4.78, 5) is 21.7. The first-order chi connectivity index (χ1) is 16.9. The first-order valence-electron chi connectivity index (χ1n) is 10.9. The Balaban J connectivity index is 1.23. The summed E-state index contributed by atoms with van der Waals surface area (Å²) in [6, 6.07) is 5.34. The molecule has 3 aromatic rings. The van der Waals surface area contributed by atoms with Gasteiger partial charge in [-0.3, -0.25) is 14.1 Å². The summed E-state index contributed by atoms with van der Waals surface area (Å²) in [6.45, 7) is 8.04. The molecule has 2 aliphatic heterocycles. The molecule has 1 saturated carbocycles. The SMILES string of the molecule is [C-]#[N+]C1(c2ccc(-c3c(F)cc(N4C[C@H](Cn5ccnn5)OC4=O)cc3F)cn2)[C@@H]2CS(=O)C[C@@H]21. The van der Waals surface area contributed by atoms with E-state index in [1.54, 1.807) is 18.3 Å². The third-order valence-electron chi connectivity index (χ3n) is 6.96. The van der Waals surface area contributed by atoms with Crippen LogP contribution in [0.15, 0.2) is 42.9 Å². The third-order valence-corrected chi connectivity index (χ3v) is 8.42. The van der Waals surface area contributed by atoms with E-state index in [2.05, 4.69) is 20.1 Å². The molecule has 1 aliphatic carbocycles. The number of nitrogens with zero attached hydrogens (tertiary/aromatic N) is 6. The van der Waals surface area contributed by atoms with Gasteiger partial charge in [-0.2, -0.15) is 0 Å². The minimum atomic E-state index is -0.897. The maximum absolute atomic E-state index is 15.1. The van der Waals surface area contributed by atoms with Crippen LogP contribution >= 0.6 is 0 Å². The standard InChI is InChI=1S/C23H18F2N6O3S/c1-26-23(16-11-35(33)12-17(16)23)20-3-2-13(8-27-20)21-18(24)6-14(7-19(21)25)31-10-15(34-22(31)32)9-30-5-4-28-29-30/h2-8,15-17H,9-12H2/t15-,16-,17+,23?,35?/m0/s1. The van der Waals surface area contributed by atoms with Crippen LogP contribution in [0.25, 0.3) is 16.0 Å². The molecule has 2 unspecified atom stereocenters. The van der Waals surface area contributed by atoms with Crippen LogP contribution in [0.3, 0.4) is 0 Å². The van der Waals surface area contributed by atoms with Crippen LogP contribution in [-0.4, -0.2) is 54.4 Å². The van der Waals surface area contributed by atoms with Gasteiger partial charge in [-0.05, 0) is 18.2 Å². The fraction of sp³-hybridized carbons (Fsp3) is 0.348. The van der Waals surface area contributed by atoms with Crippen LogP contribution < -0.4 is 4.90 Å². The Bertz CT molecular complexity index is 1350. The van der Waals surface area contributed by atoms with Crippen molar-refractivity contribution in [3.8, 4) is 11.1 Å². The average Bonchev–Trinajstić information content (AvgIpc) is 3.31. The molecule has 0 N–H and O–H groups in total. The highest BCUT2D eigenvalue weighted by Crippen LogP contribution is 2.64. The van der Waals surface area contributed by atoms with Crippen molar-refractivity contribution >= 4 is 22.6 Å². The molecule has 2 aromatic heterocycles. The number of halogens is 2. The minimum Gasteiger partial charge on any atom is -0.442 e. The predicted octanol–water partition coefficient (Wildman–Crippen LogP) is 2.77. The van der Waals surface area contributed by atoms with Crippen LogP contribution in [0.5, 0.6) is 0 Å². The Hall–Kier alpha value is -3.72. The number of aromatic nitrogens is 4. The summed E-state index contributed by atoms with van der Waals surface area (Å²) < 4.78 is 48.7. The molecule has 6 rings (SSSR count). The van der Waals surface area contributed by atoms with Crippen LogP contribution in [0.2, 0.25) is 0 Å². The van der Waals surface area contributed by atoms with E-state index in [1.165, 1.54) is 22.0 Å². The largest absolute Gasteiger partial charge is 0.442 e. The Morgan fingerprint density at radius 2 is 1.97 bits per heavy atom. The monoisotopic (exact) mass is 496 g/mol. The van der Waals surface area contributed by atoms with Gasteiger partial charge in [0.1, 0.15) is 23.4 Å². The first kappa shape index (κ1) is 21.8. The number of benzene rings is 1. The van der Waals surface area contributed by atoms with Gasteiger partial charge in [-0.15, -0.1) is 5.10 Å². The lowest BCUT2D eigenvalue weighted by Crippen LogP contribution is -2.26. The molecule has 1 aromatic carbocycles. The molecular formula is C23H18F2N6O3S. The van der Waals surface area contributed by atoms with Crippen molar-refractivity contribution in [1.82, 2.24) is 20.0 Å². The van der Waals surface area contributed by atoms with E-state index in [9.17, 15) is 9.00 Å². The second kappa shape index (κ2) is 7.91. The quantitative estimate of drug-likeness (QED) is 0.505.